The van der Waals surface area contributed by atoms with Crippen LogP contribution in [0.1, 0.15) is 24.4 Å². The van der Waals surface area contributed by atoms with E-state index in [1.807, 2.05) is 0 Å². The predicted molar refractivity (Wildman–Crippen MR) is 59.5 cm³/mol. The van der Waals surface area contributed by atoms with Crippen LogP contribution in [0, 0.1) is 18.2 Å². The van der Waals surface area contributed by atoms with Crippen LogP contribution in [0.5, 0.6) is 0 Å². The molecule has 15 heavy (non-hydrogen) atoms. The molecular weight excluding hydrogens is 215 g/mol. The second-order valence-corrected chi connectivity index (χ2v) is 3.54. The molecule has 3 N–H and O–H groups in total. The lowest BCUT2D eigenvalue weighted by molar-refractivity contribution is 0.522. The topological polar surface area (TPSA) is 38.0 Å². The Balaban J connectivity index is 2.83. The van der Waals surface area contributed by atoms with E-state index < -0.39 is 5.82 Å². The van der Waals surface area contributed by atoms with E-state index in [2.05, 4.69) is 11.3 Å². The van der Waals surface area contributed by atoms with Gasteiger partial charge < -0.3 is 0 Å². The summed E-state index contributed by atoms with van der Waals surface area (Å²) in [5, 5.41) is 0.0912. The summed E-state index contributed by atoms with van der Waals surface area (Å²) < 4.78 is 12.9. The van der Waals surface area contributed by atoms with Gasteiger partial charge in [-0.2, -0.15) is 0 Å². The average molecular weight is 227 g/mol. The number of nitrogens with two attached hydrogens (primary N) is 1. The molecule has 1 aromatic carbocycles. The maximum absolute atomic E-state index is 12.9. The zero-order chi connectivity index (χ0) is 11.3. The van der Waals surface area contributed by atoms with Gasteiger partial charge in [0.1, 0.15) is 5.82 Å². The Morgan fingerprint density at radius 1 is 1.60 bits per heavy atom. The monoisotopic (exact) mass is 226 g/mol. The van der Waals surface area contributed by atoms with Crippen LogP contribution in [0.3, 0.4) is 0 Å². The van der Waals surface area contributed by atoms with E-state index in [1.54, 1.807) is 12.1 Å². The molecule has 0 amide bonds. The van der Waals surface area contributed by atoms with Gasteiger partial charge >= 0.3 is 0 Å². The van der Waals surface area contributed by atoms with E-state index in [9.17, 15) is 4.39 Å². The minimum atomic E-state index is -0.437. The standard InChI is InChI=1S/C11H12ClFN2/c1-2-3-4-11(15-14)8-5-6-10(13)9(12)7-8/h1,5-7,11,15H,3-4,14H2. The number of nitrogens with one attached hydrogen (secondary N) is 1. The zero-order valence-electron chi connectivity index (χ0n) is 8.13. The second-order valence-electron chi connectivity index (χ2n) is 3.14. The third-order valence-electron chi connectivity index (χ3n) is 2.12. The van der Waals surface area contributed by atoms with Gasteiger partial charge in [0.2, 0.25) is 0 Å². The van der Waals surface area contributed by atoms with Gasteiger partial charge in [-0.15, -0.1) is 12.3 Å². The zero-order valence-corrected chi connectivity index (χ0v) is 8.89. The van der Waals surface area contributed by atoms with Gasteiger partial charge in [-0.3, -0.25) is 11.3 Å². The number of hydrogen-bond donors (Lipinski definition) is 2. The van der Waals surface area contributed by atoms with Crippen molar-refractivity contribution in [2.75, 3.05) is 0 Å². The van der Waals surface area contributed by atoms with Crippen LogP contribution in [0.25, 0.3) is 0 Å². The van der Waals surface area contributed by atoms with E-state index >= 15 is 0 Å². The molecule has 80 valence electrons. The molecule has 2 nitrogen and oxygen atoms in total. The lowest BCUT2D eigenvalue weighted by Crippen LogP contribution is -2.27. The molecule has 0 aliphatic rings. The minimum Gasteiger partial charge on any atom is -0.271 e. The van der Waals surface area contributed by atoms with Crippen LogP contribution < -0.4 is 11.3 Å². The number of hydrogen-bond acceptors (Lipinski definition) is 2. The van der Waals surface area contributed by atoms with Gasteiger partial charge in [0.25, 0.3) is 0 Å². The van der Waals surface area contributed by atoms with Crippen LogP contribution >= 0.6 is 11.6 Å². The summed E-state index contributed by atoms with van der Waals surface area (Å²) in [4.78, 5) is 0. The number of benzene rings is 1. The first-order valence-corrected chi connectivity index (χ1v) is 4.91. The largest absolute Gasteiger partial charge is 0.271 e. The van der Waals surface area contributed by atoms with Gasteiger partial charge in [0, 0.05) is 12.5 Å². The molecular formula is C11H12ClFN2. The maximum Gasteiger partial charge on any atom is 0.141 e. The van der Waals surface area contributed by atoms with E-state index in [1.165, 1.54) is 6.07 Å². The summed E-state index contributed by atoms with van der Waals surface area (Å²) >= 11 is 5.67. The first kappa shape index (κ1) is 12.0. The molecule has 0 saturated carbocycles. The Kier molecular flexibility index (Phi) is 4.57. The molecule has 1 unspecified atom stereocenters. The molecule has 0 saturated heterocycles. The molecule has 1 atom stereocenters. The Morgan fingerprint density at radius 2 is 2.33 bits per heavy atom. The van der Waals surface area contributed by atoms with Crippen molar-refractivity contribution in [2.45, 2.75) is 18.9 Å². The summed E-state index contributed by atoms with van der Waals surface area (Å²) in [7, 11) is 0. The molecule has 1 aromatic rings. The van der Waals surface area contributed by atoms with Crippen molar-refractivity contribution in [3.63, 3.8) is 0 Å². The van der Waals surface area contributed by atoms with Crippen LogP contribution in [0.2, 0.25) is 5.02 Å². The van der Waals surface area contributed by atoms with Crippen molar-refractivity contribution in [3.8, 4) is 12.3 Å². The Bertz CT molecular complexity index is 373. The predicted octanol–water partition coefficient (Wildman–Crippen LogP) is 2.40. The number of hydrazine groups is 1. The van der Waals surface area contributed by atoms with Crippen molar-refractivity contribution in [2.24, 2.45) is 5.84 Å². The summed E-state index contributed by atoms with van der Waals surface area (Å²) in [6.07, 6.45) is 6.45. The van der Waals surface area contributed by atoms with Crippen molar-refractivity contribution in [3.05, 3.63) is 34.6 Å². The van der Waals surface area contributed by atoms with E-state index in [0.717, 1.165) is 5.56 Å². The highest BCUT2D eigenvalue weighted by atomic mass is 35.5. The second kappa shape index (κ2) is 5.72. The SMILES string of the molecule is C#CCCC(NN)c1ccc(F)c(Cl)c1. The third kappa shape index (κ3) is 3.21. The van der Waals surface area contributed by atoms with Gasteiger partial charge in [0.15, 0.2) is 0 Å². The number of terminal acetylenes is 1. The third-order valence-corrected chi connectivity index (χ3v) is 2.41. The Hall–Kier alpha value is -1.08. The quantitative estimate of drug-likeness (QED) is 0.470. The fraction of sp³-hybridized carbons (Fsp3) is 0.273. The van der Waals surface area contributed by atoms with Crippen LogP contribution in [0.4, 0.5) is 4.39 Å². The lowest BCUT2D eigenvalue weighted by atomic mass is 10.0. The lowest BCUT2D eigenvalue weighted by Gasteiger charge is -2.15. The van der Waals surface area contributed by atoms with E-state index in [0.29, 0.717) is 12.8 Å². The molecule has 1 rings (SSSR count). The summed E-state index contributed by atoms with van der Waals surface area (Å²) in [6, 6.07) is 4.41. The van der Waals surface area contributed by atoms with Crippen molar-refractivity contribution in [1.82, 2.24) is 5.43 Å². The van der Waals surface area contributed by atoms with Gasteiger partial charge in [-0.25, -0.2) is 4.39 Å². The fourth-order valence-corrected chi connectivity index (χ4v) is 1.49. The number of halogens is 2. The first-order chi connectivity index (χ1) is 7.19. The van der Waals surface area contributed by atoms with Crippen molar-refractivity contribution >= 4 is 11.6 Å². The first-order valence-electron chi connectivity index (χ1n) is 4.53. The summed E-state index contributed by atoms with van der Waals surface area (Å²) in [6.45, 7) is 0. The highest BCUT2D eigenvalue weighted by Crippen LogP contribution is 2.23. The van der Waals surface area contributed by atoms with Crippen molar-refractivity contribution in [1.29, 1.82) is 0 Å². The molecule has 0 radical (unpaired) electrons. The highest BCUT2D eigenvalue weighted by Gasteiger charge is 2.10. The van der Waals surface area contributed by atoms with E-state index in [-0.39, 0.29) is 11.1 Å². The smallest absolute Gasteiger partial charge is 0.141 e. The fourth-order valence-electron chi connectivity index (χ4n) is 1.30. The van der Waals surface area contributed by atoms with Gasteiger partial charge in [-0.1, -0.05) is 17.7 Å². The molecule has 0 aromatic heterocycles. The van der Waals surface area contributed by atoms with Crippen molar-refractivity contribution < 1.29 is 4.39 Å². The van der Waals surface area contributed by atoms with Crippen LogP contribution in [-0.2, 0) is 0 Å². The molecule has 0 spiro atoms. The molecule has 0 aliphatic heterocycles. The van der Waals surface area contributed by atoms with Gasteiger partial charge in [0.05, 0.1) is 5.02 Å². The number of rotatable bonds is 4. The molecule has 4 heteroatoms. The maximum atomic E-state index is 12.9. The molecule has 0 aliphatic carbocycles. The summed E-state index contributed by atoms with van der Waals surface area (Å²) in [5.41, 5.74) is 3.46. The normalized spacial score (nSPS) is 12.1. The highest BCUT2D eigenvalue weighted by molar-refractivity contribution is 6.30. The average Bonchev–Trinajstić information content (AvgIpc) is 2.24. The van der Waals surface area contributed by atoms with E-state index in [4.69, 9.17) is 23.9 Å². The Morgan fingerprint density at radius 3 is 2.87 bits per heavy atom. The van der Waals surface area contributed by atoms with Crippen LogP contribution in [-0.4, -0.2) is 0 Å². The Labute approximate surface area is 93.6 Å². The van der Waals surface area contributed by atoms with Gasteiger partial charge in [-0.05, 0) is 24.1 Å². The molecule has 0 bridgehead atoms. The molecule has 0 heterocycles. The minimum absolute atomic E-state index is 0.0912. The van der Waals surface area contributed by atoms with Crippen LogP contribution in [0.15, 0.2) is 18.2 Å². The molecule has 0 fully saturated rings. The summed E-state index contributed by atoms with van der Waals surface area (Å²) in [5.74, 6) is 7.47.